The number of hydrogen-bond donors (Lipinski definition) is 1. The smallest absolute Gasteiger partial charge is 0.271 e. The van der Waals surface area contributed by atoms with Crippen LogP contribution in [-0.4, -0.2) is 29.3 Å². The van der Waals surface area contributed by atoms with Crippen LogP contribution in [0.3, 0.4) is 0 Å². The summed E-state index contributed by atoms with van der Waals surface area (Å²) in [5, 5.41) is 13.6. The molecular formula is C19H20ClN3O3. The van der Waals surface area contributed by atoms with Crippen molar-refractivity contribution in [1.82, 2.24) is 4.90 Å². The van der Waals surface area contributed by atoms with Crippen LogP contribution in [0, 0.1) is 10.1 Å². The fourth-order valence-electron chi connectivity index (χ4n) is 3.43. The molecular weight excluding hydrogens is 354 g/mol. The summed E-state index contributed by atoms with van der Waals surface area (Å²) in [6, 6.07) is 12.6. The first kappa shape index (κ1) is 18.4. The van der Waals surface area contributed by atoms with Gasteiger partial charge in [0.25, 0.3) is 5.69 Å². The fraction of sp³-hybridized carbons (Fsp3) is 0.316. The number of hydrogen-bond acceptors (Lipinski definition) is 4. The normalized spacial score (nSPS) is 16.2. The Hall–Kier alpha value is -2.44. The number of anilines is 1. The first-order chi connectivity index (χ1) is 12.5. The number of nitro groups is 1. The molecule has 1 atom stereocenters. The summed E-state index contributed by atoms with van der Waals surface area (Å²) in [5.74, 6) is -0.202. The van der Waals surface area contributed by atoms with Crippen LogP contribution in [0.1, 0.15) is 30.0 Å². The summed E-state index contributed by atoms with van der Waals surface area (Å²) in [6.45, 7) is 0.215. The van der Waals surface area contributed by atoms with Crippen LogP contribution in [0.15, 0.2) is 42.5 Å². The molecule has 0 saturated carbocycles. The van der Waals surface area contributed by atoms with E-state index in [2.05, 4.69) is 17.4 Å². The number of amides is 1. The van der Waals surface area contributed by atoms with E-state index in [1.807, 2.05) is 24.1 Å². The van der Waals surface area contributed by atoms with Gasteiger partial charge in [0.2, 0.25) is 5.91 Å². The molecule has 2 aromatic rings. The summed E-state index contributed by atoms with van der Waals surface area (Å²) in [7, 11) is 1.93. The Balaban J connectivity index is 1.66. The third-order valence-electron chi connectivity index (χ3n) is 4.70. The molecule has 7 heteroatoms. The van der Waals surface area contributed by atoms with Crippen molar-refractivity contribution in [3.63, 3.8) is 0 Å². The number of non-ortho nitro benzene ring substituents is 1. The van der Waals surface area contributed by atoms with Gasteiger partial charge < -0.3 is 5.32 Å². The number of fused-ring (bicyclic) bond motifs is 1. The number of halogens is 1. The lowest BCUT2D eigenvalue weighted by atomic mass is 9.87. The van der Waals surface area contributed by atoms with E-state index in [1.165, 1.54) is 29.3 Å². The highest BCUT2D eigenvalue weighted by Crippen LogP contribution is 2.33. The largest absolute Gasteiger partial charge is 0.324 e. The highest BCUT2D eigenvalue weighted by atomic mass is 35.5. The summed E-state index contributed by atoms with van der Waals surface area (Å²) >= 11 is 6.04. The Morgan fingerprint density at radius 3 is 2.85 bits per heavy atom. The third kappa shape index (κ3) is 4.03. The molecule has 26 heavy (non-hydrogen) atoms. The first-order valence-electron chi connectivity index (χ1n) is 8.47. The van der Waals surface area contributed by atoms with Crippen molar-refractivity contribution in [1.29, 1.82) is 0 Å². The third-order valence-corrected chi connectivity index (χ3v) is 5.01. The molecule has 1 N–H and O–H groups in total. The van der Waals surface area contributed by atoms with Crippen LogP contribution in [0.5, 0.6) is 0 Å². The monoisotopic (exact) mass is 373 g/mol. The maximum absolute atomic E-state index is 12.4. The lowest BCUT2D eigenvalue weighted by Gasteiger charge is -2.32. The zero-order valence-corrected chi connectivity index (χ0v) is 15.2. The van der Waals surface area contributed by atoms with Crippen molar-refractivity contribution in [2.45, 2.75) is 25.3 Å². The lowest BCUT2D eigenvalue weighted by Crippen LogP contribution is -2.34. The van der Waals surface area contributed by atoms with Crippen LogP contribution in [0.4, 0.5) is 11.4 Å². The van der Waals surface area contributed by atoms with Crippen LogP contribution < -0.4 is 5.32 Å². The van der Waals surface area contributed by atoms with Crippen molar-refractivity contribution >= 4 is 28.9 Å². The van der Waals surface area contributed by atoms with Gasteiger partial charge in [-0.25, -0.2) is 0 Å². The Kier molecular flexibility index (Phi) is 5.54. The van der Waals surface area contributed by atoms with Crippen molar-refractivity contribution < 1.29 is 9.72 Å². The standard InChI is InChI=1S/C19H20ClN3O3/c1-22(18-8-4-6-13-5-2-3-7-15(13)18)12-19(24)21-17-10-9-14(23(25)26)11-16(17)20/h2-3,5,7,9-11,18H,4,6,8,12H2,1H3,(H,21,24)/t18-/m1/s1. The Bertz CT molecular complexity index is 841. The summed E-state index contributed by atoms with van der Waals surface area (Å²) in [5.41, 5.74) is 2.89. The second-order valence-corrected chi connectivity index (χ2v) is 6.90. The molecule has 2 aromatic carbocycles. The van der Waals surface area contributed by atoms with Crippen LogP contribution in [0.2, 0.25) is 5.02 Å². The number of nitrogens with zero attached hydrogens (tertiary/aromatic N) is 2. The average molecular weight is 374 g/mol. The molecule has 0 aromatic heterocycles. The van der Waals surface area contributed by atoms with Gasteiger partial charge in [0.05, 0.1) is 22.2 Å². The van der Waals surface area contributed by atoms with Crippen LogP contribution in [0.25, 0.3) is 0 Å². The van der Waals surface area contributed by atoms with Gasteiger partial charge in [0.1, 0.15) is 0 Å². The number of rotatable bonds is 5. The van der Waals surface area contributed by atoms with Crippen molar-refractivity contribution in [3.8, 4) is 0 Å². The van der Waals surface area contributed by atoms with Gasteiger partial charge in [0.15, 0.2) is 0 Å². The van der Waals surface area contributed by atoms with Gasteiger partial charge in [-0.1, -0.05) is 35.9 Å². The lowest BCUT2D eigenvalue weighted by molar-refractivity contribution is -0.384. The van der Waals surface area contributed by atoms with E-state index in [9.17, 15) is 14.9 Å². The molecule has 136 valence electrons. The molecule has 0 bridgehead atoms. The van der Waals surface area contributed by atoms with Gasteiger partial charge in [-0.15, -0.1) is 0 Å². The van der Waals surface area contributed by atoms with Crippen molar-refractivity contribution in [3.05, 3.63) is 68.7 Å². The summed E-state index contributed by atoms with van der Waals surface area (Å²) in [6.07, 6.45) is 3.19. The first-order valence-corrected chi connectivity index (χ1v) is 8.85. The fourth-order valence-corrected chi connectivity index (χ4v) is 3.65. The molecule has 0 unspecified atom stereocenters. The SMILES string of the molecule is CN(CC(=O)Nc1ccc([N+](=O)[O-])cc1Cl)[C@@H]1CCCc2ccccc21. The highest BCUT2D eigenvalue weighted by molar-refractivity contribution is 6.34. The quantitative estimate of drug-likeness (QED) is 0.629. The molecule has 0 saturated heterocycles. The summed E-state index contributed by atoms with van der Waals surface area (Å²) < 4.78 is 0. The zero-order valence-electron chi connectivity index (χ0n) is 14.4. The molecule has 0 fully saturated rings. The van der Waals surface area contributed by atoms with Gasteiger partial charge in [-0.3, -0.25) is 19.8 Å². The van der Waals surface area contributed by atoms with Crippen molar-refractivity contribution in [2.75, 3.05) is 18.9 Å². The minimum absolute atomic E-state index is 0.107. The number of carbonyl (C=O) groups is 1. The predicted molar refractivity (Wildman–Crippen MR) is 101 cm³/mol. The van der Waals surface area contributed by atoms with E-state index in [4.69, 9.17) is 11.6 Å². The van der Waals surface area contributed by atoms with E-state index in [-0.39, 0.29) is 29.2 Å². The number of aryl methyl sites for hydroxylation is 1. The van der Waals surface area contributed by atoms with Crippen molar-refractivity contribution in [2.24, 2.45) is 0 Å². The van der Waals surface area contributed by atoms with Crippen LogP contribution in [-0.2, 0) is 11.2 Å². The number of likely N-dealkylation sites (N-methyl/N-ethyl adjacent to an activating group) is 1. The molecule has 1 aliphatic carbocycles. The molecule has 0 heterocycles. The molecule has 0 radical (unpaired) electrons. The summed E-state index contributed by atoms with van der Waals surface area (Å²) in [4.78, 5) is 24.7. The Morgan fingerprint density at radius 2 is 2.12 bits per heavy atom. The number of nitrogens with one attached hydrogen (secondary N) is 1. The van der Waals surface area contributed by atoms with Gasteiger partial charge in [-0.05, 0) is 43.5 Å². The molecule has 3 rings (SSSR count). The average Bonchev–Trinajstić information content (AvgIpc) is 2.62. The molecule has 0 spiro atoms. The maximum Gasteiger partial charge on any atom is 0.271 e. The van der Waals surface area contributed by atoms with E-state index in [0.717, 1.165) is 19.3 Å². The zero-order chi connectivity index (χ0) is 18.7. The second-order valence-electron chi connectivity index (χ2n) is 6.49. The van der Waals surface area contributed by atoms with E-state index in [0.29, 0.717) is 5.69 Å². The molecule has 1 aliphatic rings. The van der Waals surface area contributed by atoms with Gasteiger partial charge >= 0.3 is 0 Å². The number of carbonyl (C=O) groups excluding carboxylic acids is 1. The molecule has 1 amide bonds. The minimum atomic E-state index is -0.522. The van der Waals surface area contributed by atoms with E-state index >= 15 is 0 Å². The maximum atomic E-state index is 12.4. The number of benzene rings is 2. The van der Waals surface area contributed by atoms with Gasteiger partial charge in [0, 0.05) is 18.2 Å². The second kappa shape index (κ2) is 7.85. The number of nitro benzene ring substituents is 1. The minimum Gasteiger partial charge on any atom is -0.324 e. The topological polar surface area (TPSA) is 75.5 Å². The molecule has 0 aliphatic heterocycles. The van der Waals surface area contributed by atoms with Gasteiger partial charge in [-0.2, -0.15) is 0 Å². The Labute approximate surface area is 156 Å². The molecule has 6 nitrogen and oxygen atoms in total. The highest BCUT2D eigenvalue weighted by Gasteiger charge is 2.24. The van der Waals surface area contributed by atoms with E-state index < -0.39 is 4.92 Å². The Morgan fingerprint density at radius 1 is 1.35 bits per heavy atom. The van der Waals surface area contributed by atoms with Crippen LogP contribution >= 0.6 is 11.6 Å². The predicted octanol–water partition coefficient (Wildman–Crippen LogP) is 4.20. The van der Waals surface area contributed by atoms with E-state index in [1.54, 1.807) is 0 Å².